The highest BCUT2D eigenvalue weighted by Crippen LogP contribution is 2.54. The predicted octanol–water partition coefficient (Wildman–Crippen LogP) is 8.32. The lowest BCUT2D eigenvalue weighted by Gasteiger charge is -2.51. The van der Waals surface area contributed by atoms with Gasteiger partial charge in [0, 0.05) is 51.5 Å². The molecule has 16 nitrogen and oxygen atoms in total. The van der Waals surface area contributed by atoms with Crippen LogP contribution in [0.5, 0.6) is 0 Å². The number of hydrogen-bond donors (Lipinski definition) is 0. The Kier molecular flexibility index (Phi) is 19.5. The molecule has 18 heteroatoms. The zero-order valence-corrected chi connectivity index (χ0v) is 47.1. The van der Waals surface area contributed by atoms with E-state index in [0.29, 0.717) is 12.8 Å². The highest BCUT2D eigenvalue weighted by Gasteiger charge is 2.67. The van der Waals surface area contributed by atoms with Crippen LogP contribution in [-0.4, -0.2) is 166 Å². The number of carbonyl (C=O) groups is 2. The molecule has 0 saturated carbocycles. The van der Waals surface area contributed by atoms with Gasteiger partial charge in [0.15, 0.2) is 41.1 Å². The van der Waals surface area contributed by atoms with E-state index in [-0.39, 0.29) is 37.0 Å². The van der Waals surface area contributed by atoms with Crippen molar-refractivity contribution in [2.45, 2.75) is 224 Å². The first-order chi connectivity index (χ1) is 30.9. The molecule has 19 atom stereocenters. The second-order valence-electron chi connectivity index (χ2n) is 22.6. The lowest BCUT2D eigenvalue weighted by Crippen LogP contribution is -2.62. The summed E-state index contributed by atoms with van der Waals surface area (Å²) < 4.78 is 86.5. The topological polar surface area (TPSA) is 157 Å². The Morgan fingerprint density at radius 3 is 1.94 bits per heavy atom. The van der Waals surface area contributed by atoms with Gasteiger partial charge in [0.2, 0.25) is 0 Å². The molecule has 0 aromatic heterocycles. The second-order valence-corrected chi connectivity index (χ2v) is 31.5. The van der Waals surface area contributed by atoms with E-state index < -0.39 is 118 Å². The minimum absolute atomic E-state index is 0.0144. The van der Waals surface area contributed by atoms with Gasteiger partial charge in [-0.1, -0.05) is 40.3 Å². The first-order valence-corrected chi connectivity index (χ1v) is 31.4. The molecule has 0 spiro atoms. The standard InChI is InChI=1S/C49H91NO15Si2/c1-23-25-56-45(52)62-42-34(8)58-37(28-47(42,10)54-15)60-38-31(5)40(61-44-39(63-66(17,18)19)35(50(12)13)26-30(4)57-44)46(9,53-14)27-29(3)49(55-16)33(7)41(64-67(20,21)22)48(11,65-49)36(24-2)59-43(51)32(38)6/h23,29-42,44H,1,24-28H2,2-22H3/t29-,30-,31+,32+,33+,34-,35+,36-,37+,38+,39+,40-,41-,42+,44+,46+,47-,48+,49?/m0/s1. The Morgan fingerprint density at radius 2 is 1.42 bits per heavy atom. The van der Waals surface area contributed by atoms with Crippen molar-refractivity contribution in [3.63, 3.8) is 0 Å². The second kappa shape index (κ2) is 22.5. The number of hydrogen-bond acceptors (Lipinski definition) is 16. The quantitative estimate of drug-likeness (QED) is 0.0825. The smallest absolute Gasteiger partial charge is 0.459 e. The largest absolute Gasteiger partial charge is 0.509 e. The van der Waals surface area contributed by atoms with Crippen LogP contribution in [0.2, 0.25) is 39.3 Å². The SMILES string of the molecule is C=CCOC(=O)O[C@@H]1[C@H](C)O[C@H](O[C@@H]2[C@@H](C)[C@H](O[C@H]3O[C@@H](C)C[C@@H](N(C)C)[C@H]3O[Si](C)(C)C)[C@](C)(OC)C[C@H](C)C3(OC)O[C@](C)([C@H](CC)OC(=O)[C@@H]2C)[C@@H](O[Si](C)(C)C)[C@H]3C)C[C@]1(C)OC. The Hall–Kier alpha value is -1.53. The van der Waals surface area contributed by atoms with E-state index in [1.54, 1.807) is 28.3 Å². The van der Waals surface area contributed by atoms with Crippen LogP contribution in [0.4, 0.5) is 4.79 Å². The fourth-order valence-electron chi connectivity index (χ4n) is 11.3. The fourth-order valence-corrected chi connectivity index (χ4v) is 13.6. The number of ether oxygens (including phenoxy) is 11. The summed E-state index contributed by atoms with van der Waals surface area (Å²) in [6.07, 6.45) is -4.60. The molecule has 4 saturated heterocycles. The molecule has 0 amide bonds. The van der Waals surface area contributed by atoms with Crippen molar-refractivity contribution < 1.29 is 70.5 Å². The van der Waals surface area contributed by atoms with Gasteiger partial charge in [0.1, 0.15) is 30.0 Å². The molecule has 2 bridgehead atoms. The molecule has 4 rings (SSSR count). The van der Waals surface area contributed by atoms with Gasteiger partial charge in [-0.3, -0.25) is 4.79 Å². The van der Waals surface area contributed by atoms with Crippen molar-refractivity contribution in [2.24, 2.45) is 23.7 Å². The molecular weight excluding hydrogens is 899 g/mol. The first-order valence-electron chi connectivity index (χ1n) is 24.5. The lowest BCUT2D eigenvalue weighted by atomic mass is 9.73. The molecule has 0 N–H and O–H groups in total. The number of cyclic esters (lactones) is 1. The third-order valence-corrected chi connectivity index (χ3v) is 16.7. The number of rotatable bonds is 16. The van der Waals surface area contributed by atoms with Crippen LogP contribution in [0.25, 0.3) is 0 Å². The number of nitrogens with zero attached hydrogens (tertiary/aromatic N) is 1. The molecular formula is C49H91NO15Si2. The summed E-state index contributed by atoms with van der Waals surface area (Å²) in [5.74, 6) is -3.80. The van der Waals surface area contributed by atoms with E-state index >= 15 is 4.79 Å². The molecule has 390 valence electrons. The maximum Gasteiger partial charge on any atom is 0.509 e. The first kappa shape index (κ1) is 58.0. The number of carbonyl (C=O) groups excluding carboxylic acids is 2. The number of esters is 1. The van der Waals surface area contributed by atoms with Gasteiger partial charge in [-0.2, -0.15) is 0 Å². The van der Waals surface area contributed by atoms with Crippen LogP contribution in [-0.2, 0) is 65.8 Å². The van der Waals surface area contributed by atoms with Crippen LogP contribution >= 0.6 is 0 Å². The Labute approximate surface area is 405 Å². The van der Waals surface area contributed by atoms with E-state index in [1.165, 1.54) is 6.08 Å². The third-order valence-electron chi connectivity index (χ3n) is 14.7. The van der Waals surface area contributed by atoms with Gasteiger partial charge in [-0.05, 0) is 114 Å². The summed E-state index contributed by atoms with van der Waals surface area (Å²) in [7, 11) is 4.62. The van der Waals surface area contributed by atoms with Crippen LogP contribution < -0.4 is 0 Å². The zero-order valence-electron chi connectivity index (χ0n) is 45.1. The van der Waals surface area contributed by atoms with E-state index in [2.05, 4.69) is 85.6 Å². The van der Waals surface area contributed by atoms with Crippen molar-refractivity contribution in [3.05, 3.63) is 12.7 Å². The summed E-state index contributed by atoms with van der Waals surface area (Å²) in [5, 5.41) is 0. The van der Waals surface area contributed by atoms with Crippen molar-refractivity contribution in [3.8, 4) is 0 Å². The Bertz CT molecular complexity index is 1650. The van der Waals surface area contributed by atoms with Gasteiger partial charge in [-0.25, -0.2) is 4.79 Å². The van der Waals surface area contributed by atoms with E-state index in [0.717, 1.165) is 6.42 Å². The summed E-state index contributed by atoms with van der Waals surface area (Å²) >= 11 is 0. The van der Waals surface area contributed by atoms with Crippen LogP contribution in [0.15, 0.2) is 12.7 Å². The zero-order chi connectivity index (χ0) is 50.8. The normalized spacial score (nSPS) is 43.7. The van der Waals surface area contributed by atoms with Crippen LogP contribution in [0.3, 0.4) is 0 Å². The van der Waals surface area contributed by atoms with E-state index in [9.17, 15) is 4.79 Å². The Balaban J connectivity index is 1.95. The maximum atomic E-state index is 15.1. The molecule has 0 aromatic rings. The number of fused-ring (bicyclic) bond motifs is 2. The highest BCUT2D eigenvalue weighted by molar-refractivity contribution is 6.70. The van der Waals surface area contributed by atoms with Crippen molar-refractivity contribution in [1.29, 1.82) is 0 Å². The minimum atomic E-state index is -2.23. The van der Waals surface area contributed by atoms with Crippen molar-refractivity contribution >= 4 is 28.8 Å². The monoisotopic (exact) mass is 990 g/mol. The molecule has 4 aliphatic heterocycles. The molecule has 0 radical (unpaired) electrons. The molecule has 4 fully saturated rings. The molecule has 67 heavy (non-hydrogen) atoms. The van der Waals surface area contributed by atoms with Gasteiger partial charge < -0.3 is 65.9 Å². The van der Waals surface area contributed by atoms with Gasteiger partial charge in [0.25, 0.3) is 0 Å². The molecule has 1 unspecified atom stereocenters. The van der Waals surface area contributed by atoms with Crippen LogP contribution in [0.1, 0.15) is 94.9 Å². The minimum Gasteiger partial charge on any atom is -0.459 e. The third kappa shape index (κ3) is 12.9. The highest BCUT2D eigenvalue weighted by atomic mass is 28.4. The Morgan fingerprint density at radius 1 is 0.821 bits per heavy atom. The van der Waals surface area contributed by atoms with E-state index in [1.807, 2.05) is 41.5 Å². The summed E-state index contributed by atoms with van der Waals surface area (Å²) in [4.78, 5) is 30.0. The predicted molar refractivity (Wildman–Crippen MR) is 259 cm³/mol. The van der Waals surface area contributed by atoms with E-state index in [4.69, 9.17) is 61.0 Å². The number of likely N-dealkylation sites (N-methyl/N-ethyl adjacent to an activating group) is 1. The van der Waals surface area contributed by atoms with Gasteiger partial charge >= 0.3 is 12.1 Å². The van der Waals surface area contributed by atoms with Gasteiger partial charge in [0.05, 0.1) is 42.0 Å². The van der Waals surface area contributed by atoms with Crippen LogP contribution in [0, 0.1) is 23.7 Å². The number of methoxy groups -OCH3 is 3. The molecule has 0 aromatic carbocycles. The lowest BCUT2D eigenvalue weighted by molar-refractivity contribution is -0.322. The average Bonchev–Trinajstić information content (AvgIpc) is 3.45. The summed E-state index contributed by atoms with van der Waals surface area (Å²) in [5.41, 5.74) is -3.29. The van der Waals surface area contributed by atoms with Crippen molar-refractivity contribution in [1.82, 2.24) is 4.90 Å². The average molecular weight is 990 g/mol. The molecule has 4 heterocycles. The molecule has 0 aliphatic carbocycles. The van der Waals surface area contributed by atoms with Gasteiger partial charge in [-0.15, -0.1) is 0 Å². The fraction of sp³-hybridized carbons (Fsp3) is 0.918. The summed E-state index contributed by atoms with van der Waals surface area (Å²) in [6, 6.07) is -0.0243. The van der Waals surface area contributed by atoms with Crippen molar-refractivity contribution in [2.75, 3.05) is 42.0 Å². The molecule has 4 aliphatic rings. The maximum absolute atomic E-state index is 15.1. The summed E-state index contributed by atoms with van der Waals surface area (Å²) in [6.45, 7) is 36.3.